The number of aryl methyl sites for hydroxylation is 1. The van der Waals surface area contributed by atoms with Gasteiger partial charge in [-0.25, -0.2) is 0 Å². The Labute approximate surface area is 158 Å². The van der Waals surface area contributed by atoms with E-state index in [4.69, 9.17) is 9.47 Å². The van der Waals surface area contributed by atoms with Crippen LogP contribution in [0.3, 0.4) is 0 Å². The van der Waals surface area contributed by atoms with Gasteiger partial charge in [-0.3, -0.25) is 10.1 Å². The second-order valence-corrected chi connectivity index (χ2v) is 4.76. The first kappa shape index (κ1) is 25.7. The summed E-state index contributed by atoms with van der Waals surface area (Å²) < 4.78 is 10.1. The van der Waals surface area contributed by atoms with Gasteiger partial charge < -0.3 is 9.47 Å². The number of hydrogen-bond acceptors (Lipinski definition) is 4. The summed E-state index contributed by atoms with van der Waals surface area (Å²) in [5.41, 5.74) is 3.16. The summed E-state index contributed by atoms with van der Waals surface area (Å²) in [6, 6.07) is 10.8. The fourth-order valence-corrected chi connectivity index (χ4v) is 1.97. The van der Waals surface area contributed by atoms with E-state index in [1.165, 1.54) is 24.3 Å². The molecule has 0 saturated heterocycles. The zero-order valence-corrected chi connectivity index (χ0v) is 17.5. The first-order valence-corrected chi connectivity index (χ1v) is 8.80. The molecule has 0 fully saturated rings. The predicted octanol–water partition coefficient (Wildman–Crippen LogP) is 6.28. The van der Waals surface area contributed by atoms with Crippen molar-refractivity contribution in [2.75, 3.05) is 14.2 Å². The molecule has 146 valence electrons. The van der Waals surface area contributed by atoms with Crippen molar-refractivity contribution in [1.82, 2.24) is 0 Å². The van der Waals surface area contributed by atoms with Crippen molar-refractivity contribution in [2.24, 2.45) is 0 Å². The molecule has 0 saturated carbocycles. The van der Waals surface area contributed by atoms with E-state index in [1.807, 2.05) is 39.8 Å². The highest BCUT2D eigenvalue weighted by atomic mass is 16.6. The molecule has 0 amide bonds. The third-order valence-corrected chi connectivity index (χ3v) is 3.45. The van der Waals surface area contributed by atoms with Gasteiger partial charge in [0, 0.05) is 6.07 Å². The van der Waals surface area contributed by atoms with Crippen molar-refractivity contribution in [3.05, 3.63) is 63.2 Å². The number of ether oxygens (including phenoxy) is 2. The summed E-state index contributed by atoms with van der Waals surface area (Å²) in [5, 5.41) is 10.4. The lowest BCUT2D eigenvalue weighted by Crippen LogP contribution is -1.94. The summed E-state index contributed by atoms with van der Waals surface area (Å²) in [6.07, 6.45) is 0. The number of hydrogen-bond donors (Lipinski definition) is 0. The highest BCUT2D eigenvalue weighted by Gasteiger charge is 2.12. The molecular formula is C21H33NO4. The molecule has 2 aromatic carbocycles. The molecule has 0 heterocycles. The minimum Gasteiger partial charge on any atom is -0.496 e. The zero-order valence-electron chi connectivity index (χ0n) is 17.5. The van der Waals surface area contributed by atoms with Crippen LogP contribution in [0.15, 0.2) is 36.4 Å². The van der Waals surface area contributed by atoms with Gasteiger partial charge in [0.25, 0.3) is 5.69 Å². The molecule has 0 bridgehead atoms. The Kier molecular flexibility index (Phi) is 14.6. The predicted molar refractivity (Wildman–Crippen MR) is 110 cm³/mol. The molecule has 0 N–H and O–H groups in total. The summed E-state index contributed by atoms with van der Waals surface area (Å²) in [7, 11) is 3.19. The topological polar surface area (TPSA) is 61.6 Å². The SMILES string of the molecule is CC.CC.COc1cccc(C)c1C.COc1cccc([N+](=O)[O-])c1C. The van der Waals surface area contributed by atoms with E-state index < -0.39 is 4.92 Å². The average Bonchev–Trinajstić information content (AvgIpc) is 2.67. The minimum atomic E-state index is -0.419. The molecule has 0 aromatic heterocycles. The standard InChI is InChI=1S/C9H12O.C8H9NO3.2C2H6/c1-7-5-4-6-9(10-3)8(7)2;1-6-7(9(10)11)4-3-5-8(6)12-2;2*1-2/h4-6H,1-3H3;3-5H,1-2H3;2*1-2H3. The van der Waals surface area contributed by atoms with E-state index in [9.17, 15) is 10.1 Å². The van der Waals surface area contributed by atoms with E-state index in [2.05, 4.69) is 19.9 Å². The Morgan fingerprint density at radius 1 is 0.769 bits per heavy atom. The van der Waals surface area contributed by atoms with Gasteiger partial charge in [0.2, 0.25) is 0 Å². The third-order valence-electron chi connectivity index (χ3n) is 3.45. The Morgan fingerprint density at radius 2 is 1.19 bits per heavy atom. The molecule has 0 spiro atoms. The first-order valence-electron chi connectivity index (χ1n) is 8.80. The molecular weight excluding hydrogens is 330 g/mol. The Morgan fingerprint density at radius 3 is 1.58 bits per heavy atom. The molecule has 5 nitrogen and oxygen atoms in total. The largest absolute Gasteiger partial charge is 0.496 e. The maximum Gasteiger partial charge on any atom is 0.276 e. The van der Waals surface area contributed by atoms with Gasteiger partial charge in [0.1, 0.15) is 11.5 Å². The quantitative estimate of drug-likeness (QED) is 0.476. The third kappa shape index (κ3) is 8.01. The Balaban J connectivity index is 0. The van der Waals surface area contributed by atoms with Crippen LogP contribution in [-0.4, -0.2) is 19.1 Å². The van der Waals surface area contributed by atoms with Gasteiger partial charge in [-0.05, 0) is 44.0 Å². The smallest absolute Gasteiger partial charge is 0.276 e. The lowest BCUT2D eigenvalue weighted by molar-refractivity contribution is -0.385. The van der Waals surface area contributed by atoms with E-state index in [0.717, 1.165) is 5.75 Å². The Bertz CT molecular complexity index is 654. The number of nitro groups is 1. The molecule has 0 aliphatic heterocycles. The molecule has 0 aliphatic rings. The fraction of sp³-hybridized carbons (Fsp3) is 0.429. The highest BCUT2D eigenvalue weighted by Crippen LogP contribution is 2.26. The van der Waals surface area contributed by atoms with Crippen molar-refractivity contribution in [1.29, 1.82) is 0 Å². The molecule has 2 aromatic rings. The van der Waals surface area contributed by atoms with Crippen molar-refractivity contribution in [3.63, 3.8) is 0 Å². The van der Waals surface area contributed by atoms with Crippen LogP contribution in [-0.2, 0) is 0 Å². The maximum atomic E-state index is 10.4. The summed E-state index contributed by atoms with van der Waals surface area (Å²) >= 11 is 0. The van der Waals surface area contributed by atoms with Crippen LogP contribution >= 0.6 is 0 Å². The maximum absolute atomic E-state index is 10.4. The lowest BCUT2D eigenvalue weighted by Gasteiger charge is -2.05. The molecule has 0 radical (unpaired) electrons. The lowest BCUT2D eigenvalue weighted by atomic mass is 10.1. The molecule has 0 aliphatic carbocycles. The summed E-state index contributed by atoms with van der Waals surface area (Å²) in [5.74, 6) is 1.52. The molecule has 26 heavy (non-hydrogen) atoms. The van der Waals surface area contributed by atoms with Crippen molar-refractivity contribution in [2.45, 2.75) is 48.5 Å². The highest BCUT2D eigenvalue weighted by molar-refractivity contribution is 5.48. The number of nitrogens with zero attached hydrogens (tertiary/aromatic N) is 1. The second-order valence-electron chi connectivity index (χ2n) is 4.76. The normalized spacial score (nSPS) is 8.50. The number of benzene rings is 2. The Hall–Kier alpha value is -2.56. The zero-order chi connectivity index (χ0) is 20.7. The van der Waals surface area contributed by atoms with E-state index in [0.29, 0.717) is 11.3 Å². The summed E-state index contributed by atoms with van der Waals surface area (Å²) in [6.45, 7) is 13.8. The first-order chi connectivity index (χ1) is 12.4. The van der Waals surface area contributed by atoms with Gasteiger partial charge >= 0.3 is 0 Å². The van der Waals surface area contributed by atoms with Gasteiger partial charge in [-0.15, -0.1) is 0 Å². The van der Waals surface area contributed by atoms with Crippen LogP contribution in [0.25, 0.3) is 0 Å². The fourth-order valence-electron chi connectivity index (χ4n) is 1.97. The van der Waals surface area contributed by atoms with Crippen molar-refractivity contribution >= 4 is 5.69 Å². The molecule has 2 rings (SSSR count). The number of rotatable bonds is 3. The van der Waals surface area contributed by atoms with Gasteiger partial charge in [-0.1, -0.05) is 45.9 Å². The van der Waals surface area contributed by atoms with Crippen LogP contribution in [0, 0.1) is 30.9 Å². The van der Waals surface area contributed by atoms with Crippen LogP contribution < -0.4 is 9.47 Å². The molecule has 0 atom stereocenters. The average molecular weight is 363 g/mol. The van der Waals surface area contributed by atoms with Gasteiger partial charge in [-0.2, -0.15) is 0 Å². The minimum absolute atomic E-state index is 0.0920. The van der Waals surface area contributed by atoms with Crippen molar-refractivity contribution < 1.29 is 14.4 Å². The van der Waals surface area contributed by atoms with Crippen LogP contribution in [0.1, 0.15) is 44.4 Å². The van der Waals surface area contributed by atoms with Crippen molar-refractivity contribution in [3.8, 4) is 11.5 Å². The summed E-state index contributed by atoms with van der Waals surface area (Å²) in [4.78, 5) is 10.0. The number of methoxy groups -OCH3 is 2. The number of nitro benzene ring substituents is 1. The van der Waals surface area contributed by atoms with Crippen LogP contribution in [0.5, 0.6) is 11.5 Å². The molecule has 0 unspecified atom stereocenters. The monoisotopic (exact) mass is 363 g/mol. The second kappa shape index (κ2) is 14.8. The van der Waals surface area contributed by atoms with Gasteiger partial charge in [0.15, 0.2) is 0 Å². The van der Waals surface area contributed by atoms with E-state index in [-0.39, 0.29) is 5.69 Å². The molecule has 5 heteroatoms. The van der Waals surface area contributed by atoms with Gasteiger partial charge in [0.05, 0.1) is 24.7 Å². The van der Waals surface area contributed by atoms with E-state index in [1.54, 1.807) is 26.2 Å². The van der Waals surface area contributed by atoms with E-state index >= 15 is 0 Å². The van der Waals surface area contributed by atoms with Crippen LogP contribution in [0.2, 0.25) is 0 Å². The van der Waals surface area contributed by atoms with Crippen LogP contribution in [0.4, 0.5) is 5.69 Å².